The van der Waals surface area contributed by atoms with Crippen LogP contribution in [0.2, 0.25) is 0 Å². The Balaban J connectivity index is 3.27. The topological polar surface area (TPSA) is 37.3 Å². The maximum Gasteiger partial charge on any atom is 0.171 e. The molecular formula is C4H8Cl2O2S. The third-order valence-electron chi connectivity index (χ3n) is 0.784. The maximum absolute atomic E-state index is 10.1. The second kappa shape index (κ2) is 5.47. The van der Waals surface area contributed by atoms with Gasteiger partial charge in [0.05, 0.1) is 0 Å². The van der Waals surface area contributed by atoms with E-state index in [9.17, 15) is 4.21 Å². The third-order valence-corrected chi connectivity index (χ3v) is 2.40. The van der Waals surface area contributed by atoms with Gasteiger partial charge in [0.25, 0.3) is 0 Å². The highest BCUT2D eigenvalue weighted by molar-refractivity contribution is 7.81. The summed E-state index contributed by atoms with van der Waals surface area (Å²) in [5.74, 6) is 0.487. The smallest absolute Gasteiger partial charge is 0.171 e. The molecule has 5 heteroatoms. The Hall–Kier alpha value is 0.690. The number of rotatable bonds is 4. The molecule has 0 saturated carbocycles. The van der Waals surface area contributed by atoms with E-state index in [2.05, 4.69) is 0 Å². The van der Waals surface area contributed by atoms with E-state index >= 15 is 0 Å². The Kier molecular flexibility index (Phi) is 5.89. The lowest BCUT2D eigenvalue weighted by Gasteiger charge is -2.00. The average molecular weight is 191 g/mol. The maximum atomic E-state index is 10.1. The van der Waals surface area contributed by atoms with Crippen molar-refractivity contribution in [3.05, 3.63) is 0 Å². The lowest BCUT2D eigenvalue weighted by molar-refractivity contribution is 0.556. The highest BCUT2D eigenvalue weighted by Gasteiger charge is 2.08. The minimum Gasteiger partial charge on any atom is -0.305 e. The van der Waals surface area contributed by atoms with Crippen molar-refractivity contribution in [3.8, 4) is 0 Å². The van der Waals surface area contributed by atoms with Crippen molar-refractivity contribution in [2.24, 2.45) is 0 Å². The summed E-state index contributed by atoms with van der Waals surface area (Å²) >= 11 is 8.79. The second-order valence-corrected chi connectivity index (χ2v) is 3.80. The van der Waals surface area contributed by atoms with Gasteiger partial charge in [-0.25, -0.2) is 4.21 Å². The summed E-state index contributed by atoms with van der Waals surface area (Å²) in [4.78, 5) is 0. The fourth-order valence-electron chi connectivity index (χ4n) is 0.338. The molecule has 0 aliphatic heterocycles. The first kappa shape index (κ1) is 9.69. The predicted octanol–water partition coefficient (Wildman–Crippen LogP) is 1.79. The molecule has 0 aliphatic carbocycles. The van der Waals surface area contributed by atoms with E-state index in [0.29, 0.717) is 18.7 Å². The molecule has 9 heavy (non-hydrogen) atoms. The molecule has 0 aliphatic rings. The SMILES string of the molecule is O=S(O)C(Cl)CCCCl. The van der Waals surface area contributed by atoms with Crippen molar-refractivity contribution in [1.82, 2.24) is 0 Å². The van der Waals surface area contributed by atoms with E-state index in [-0.39, 0.29) is 0 Å². The van der Waals surface area contributed by atoms with Crippen LogP contribution >= 0.6 is 23.2 Å². The van der Waals surface area contributed by atoms with E-state index < -0.39 is 15.8 Å². The van der Waals surface area contributed by atoms with Crippen molar-refractivity contribution in [2.75, 3.05) is 5.88 Å². The highest BCUT2D eigenvalue weighted by Crippen LogP contribution is 2.08. The summed E-state index contributed by atoms with van der Waals surface area (Å²) in [6, 6.07) is 0. The molecule has 2 nitrogen and oxygen atoms in total. The molecule has 0 amide bonds. The van der Waals surface area contributed by atoms with Crippen molar-refractivity contribution in [1.29, 1.82) is 0 Å². The van der Waals surface area contributed by atoms with Crippen molar-refractivity contribution in [3.63, 3.8) is 0 Å². The Morgan fingerprint density at radius 1 is 1.67 bits per heavy atom. The van der Waals surface area contributed by atoms with Crippen LogP contribution in [0.1, 0.15) is 12.8 Å². The Morgan fingerprint density at radius 3 is 2.56 bits per heavy atom. The summed E-state index contributed by atoms with van der Waals surface area (Å²) in [6.07, 6.45) is 1.18. The molecule has 56 valence electrons. The van der Waals surface area contributed by atoms with Gasteiger partial charge >= 0.3 is 0 Å². The molecule has 0 rings (SSSR count). The van der Waals surface area contributed by atoms with Crippen LogP contribution in [-0.2, 0) is 11.1 Å². The number of halogens is 2. The minimum absolute atomic E-state index is 0.487. The predicted molar refractivity (Wildman–Crippen MR) is 40.4 cm³/mol. The first-order valence-electron chi connectivity index (χ1n) is 2.48. The highest BCUT2D eigenvalue weighted by atomic mass is 35.5. The summed E-state index contributed by atoms with van der Waals surface area (Å²) in [7, 11) is 0. The lowest BCUT2D eigenvalue weighted by atomic mass is 10.4. The molecule has 2 unspecified atom stereocenters. The van der Waals surface area contributed by atoms with Gasteiger partial charge in [0.1, 0.15) is 4.71 Å². The second-order valence-electron chi connectivity index (χ2n) is 1.52. The van der Waals surface area contributed by atoms with Crippen LogP contribution in [0, 0.1) is 0 Å². The van der Waals surface area contributed by atoms with Crippen LogP contribution in [0.25, 0.3) is 0 Å². The van der Waals surface area contributed by atoms with Crippen LogP contribution in [0.5, 0.6) is 0 Å². The zero-order valence-electron chi connectivity index (χ0n) is 4.72. The Labute approximate surface area is 66.8 Å². The molecule has 1 N–H and O–H groups in total. The number of alkyl halides is 2. The molecule has 0 aromatic heterocycles. The summed E-state index contributed by atoms with van der Waals surface area (Å²) < 4.78 is 17.8. The van der Waals surface area contributed by atoms with Gasteiger partial charge in [-0.05, 0) is 12.8 Å². The lowest BCUT2D eigenvalue weighted by Crippen LogP contribution is -2.05. The van der Waals surface area contributed by atoms with E-state index in [1.807, 2.05) is 0 Å². The van der Waals surface area contributed by atoms with Gasteiger partial charge in [-0.2, -0.15) is 0 Å². The van der Waals surface area contributed by atoms with Crippen LogP contribution in [0.4, 0.5) is 0 Å². The summed E-state index contributed by atoms with van der Waals surface area (Å²) in [6.45, 7) is 0. The van der Waals surface area contributed by atoms with E-state index in [1.54, 1.807) is 0 Å². The summed E-state index contributed by atoms with van der Waals surface area (Å²) in [5, 5.41) is 0. The van der Waals surface area contributed by atoms with Gasteiger partial charge in [-0.3, -0.25) is 0 Å². The van der Waals surface area contributed by atoms with Crippen LogP contribution in [0.3, 0.4) is 0 Å². The first-order valence-corrected chi connectivity index (χ1v) is 4.62. The first-order chi connectivity index (χ1) is 4.18. The zero-order valence-corrected chi connectivity index (χ0v) is 7.05. The van der Waals surface area contributed by atoms with Crippen molar-refractivity contribution in [2.45, 2.75) is 17.6 Å². The normalized spacial score (nSPS) is 17.2. The van der Waals surface area contributed by atoms with Crippen LogP contribution in [-0.4, -0.2) is 19.4 Å². The molecule has 0 bridgehead atoms. The van der Waals surface area contributed by atoms with E-state index in [4.69, 9.17) is 27.8 Å². The molecule has 0 spiro atoms. The quantitative estimate of drug-likeness (QED) is 0.543. The Bertz CT molecular complexity index is 98.6. The molecule has 2 atom stereocenters. The standard InChI is InChI=1S/C4H8Cl2O2S/c5-3-1-2-4(6)9(7)8/h4H,1-3H2,(H,7,8). The van der Waals surface area contributed by atoms with Crippen LogP contribution < -0.4 is 0 Å². The average Bonchev–Trinajstić information content (AvgIpc) is 1.82. The van der Waals surface area contributed by atoms with Gasteiger partial charge in [-0.1, -0.05) is 0 Å². The van der Waals surface area contributed by atoms with Gasteiger partial charge < -0.3 is 4.55 Å². The zero-order chi connectivity index (χ0) is 7.28. The summed E-state index contributed by atoms with van der Waals surface area (Å²) in [5.41, 5.74) is 0. The van der Waals surface area contributed by atoms with E-state index in [0.717, 1.165) is 0 Å². The van der Waals surface area contributed by atoms with Gasteiger partial charge in [0.2, 0.25) is 0 Å². The number of hydrogen-bond donors (Lipinski definition) is 1. The molecule has 0 radical (unpaired) electrons. The van der Waals surface area contributed by atoms with Crippen molar-refractivity contribution >= 4 is 34.3 Å². The molecular weight excluding hydrogens is 183 g/mol. The number of hydrogen-bond acceptors (Lipinski definition) is 1. The molecule has 0 fully saturated rings. The van der Waals surface area contributed by atoms with Gasteiger partial charge in [0, 0.05) is 5.88 Å². The fourth-order valence-corrected chi connectivity index (χ4v) is 1.02. The minimum atomic E-state index is -1.91. The van der Waals surface area contributed by atoms with E-state index in [1.165, 1.54) is 0 Å². The Morgan fingerprint density at radius 2 is 2.22 bits per heavy atom. The fraction of sp³-hybridized carbons (Fsp3) is 1.00. The van der Waals surface area contributed by atoms with Crippen LogP contribution in [0.15, 0.2) is 0 Å². The molecule has 0 heterocycles. The van der Waals surface area contributed by atoms with Crippen molar-refractivity contribution < 1.29 is 8.76 Å². The largest absolute Gasteiger partial charge is 0.305 e. The molecule has 0 saturated heterocycles. The molecule has 0 aromatic rings. The molecule has 0 aromatic carbocycles. The third kappa shape index (κ3) is 5.15. The van der Waals surface area contributed by atoms with Gasteiger partial charge in [-0.15, -0.1) is 23.2 Å². The van der Waals surface area contributed by atoms with Gasteiger partial charge in [0.15, 0.2) is 11.1 Å². The monoisotopic (exact) mass is 190 g/mol.